The molecule has 1 aromatic carbocycles. The molecule has 2 aromatic rings. The fraction of sp³-hybridized carbons (Fsp3) is 0.474. The highest BCUT2D eigenvalue weighted by molar-refractivity contribution is 5.80. The van der Waals surface area contributed by atoms with Gasteiger partial charge in [0.25, 0.3) is 0 Å². The maximum atomic E-state index is 4.70. The minimum atomic E-state index is -0.0244. The van der Waals surface area contributed by atoms with Gasteiger partial charge in [0, 0.05) is 30.4 Å². The standard InChI is InChI=1S/C19H29N5/c1-14-17(12-21-18(20-6)22-19(3,4)5)15(2)24(23-14)13-16-10-8-7-9-11-16/h7-11H,12-13H2,1-6H3,(H2,20,21,22). The van der Waals surface area contributed by atoms with Crippen LogP contribution in [0.1, 0.15) is 43.3 Å². The number of rotatable bonds is 4. The van der Waals surface area contributed by atoms with E-state index >= 15 is 0 Å². The van der Waals surface area contributed by atoms with E-state index in [0.29, 0.717) is 6.54 Å². The number of nitrogens with one attached hydrogen (secondary N) is 2. The molecular formula is C19H29N5. The zero-order valence-electron chi connectivity index (χ0n) is 15.6. The molecular weight excluding hydrogens is 298 g/mol. The lowest BCUT2D eigenvalue weighted by Crippen LogP contribution is -2.47. The average Bonchev–Trinajstić information content (AvgIpc) is 2.78. The predicted octanol–water partition coefficient (Wildman–Crippen LogP) is 3.01. The first kappa shape index (κ1) is 18.0. The Kier molecular flexibility index (Phi) is 5.65. The second kappa shape index (κ2) is 7.51. The van der Waals surface area contributed by atoms with Gasteiger partial charge in [-0.15, -0.1) is 0 Å². The molecule has 0 fully saturated rings. The van der Waals surface area contributed by atoms with Gasteiger partial charge in [0.15, 0.2) is 5.96 Å². The molecule has 1 aromatic heterocycles. The molecule has 0 unspecified atom stereocenters. The summed E-state index contributed by atoms with van der Waals surface area (Å²) in [5.41, 5.74) is 4.71. The van der Waals surface area contributed by atoms with Gasteiger partial charge in [0.05, 0.1) is 12.2 Å². The highest BCUT2D eigenvalue weighted by atomic mass is 15.3. The van der Waals surface area contributed by atoms with Gasteiger partial charge in [0.2, 0.25) is 0 Å². The topological polar surface area (TPSA) is 54.2 Å². The summed E-state index contributed by atoms with van der Waals surface area (Å²) in [4.78, 5) is 4.29. The summed E-state index contributed by atoms with van der Waals surface area (Å²) < 4.78 is 2.07. The Morgan fingerprint density at radius 1 is 1.17 bits per heavy atom. The van der Waals surface area contributed by atoms with E-state index in [1.807, 2.05) is 6.07 Å². The molecule has 0 amide bonds. The molecule has 5 heteroatoms. The lowest BCUT2D eigenvalue weighted by atomic mass is 10.1. The van der Waals surface area contributed by atoms with E-state index in [2.05, 4.69) is 79.2 Å². The van der Waals surface area contributed by atoms with E-state index in [9.17, 15) is 0 Å². The van der Waals surface area contributed by atoms with Crippen molar-refractivity contribution in [1.29, 1.82) is 0 Å². The van der Waals surface area contributed by atoms with Crippen molar-refractivity contribution in [2.45, 2.75) is 53.2 Å². The predicted molar refractivity (Wildman–Crippen MR) is 100 cm³/mol. The van der Waals surface area contributed by atoms with Crippen molar-refractivity contribution >= 4 is 5.96 Å². The molecule has 2 N–H and O–H groups in total. The van der Waals surface area contributed by atoms with E-state index in [-0.39, 0.29) is 5.54 Å². The van der Waals surface area contributed by atoms with E-state index in [1.54, 1.807) is 7.05 Å². The van der Waals surface area contributed by atoms with Gasteiger partial charge >= 0.3 is 0 Å². The normalized spacial score (nSPS) is 12.3. The van der Waals surface area contributed by atoms with Gasteiger partial charge in [-0.2, -0.15) is 5.10 Å². The van der Waals surface area contributed by atoms with Crippen LogP contribution in [0.3, 0.4) is 0 Å². The Balaban J connectivity index is 2.09. The molecule has 0 saturated heterocycles. The molecule has 0 bridgehead atoms. The number of hydrogen-bond donors (Lipinski definition) is 2. The third-order valence-electron chi connectivity index (χ3n) is 3.86. The zero-order valence-corrected chi connectivity index (χ0v) is 15.6. The summed E-state index contributed by atoms with van der Waals surface area (Å²) in [7, 11) is 1.79. The van der Waals surface area contributed by atoms with Crippen LogP contribution >= 0.6 is 0 Å². The van der Waals surface area contributed by atoms with Crippen LogP contribution in [0.25, 0.3) is 0 Å². The number of hydrogen-bond acceptors (Lipinski definition) is 2. The van der Waals surface area contributed by atoms with Gasteiger partial charge in [-0.25, -0.2) is 0 Å². The maximum absolute atomic E-state index is 4.70. The Bertz CT molecular complexity index is 693. The molecule has 0 aliphatic heterocycles. The Labute approximate surface area is 145 Å². The largest absolute Gasteiger partial charge is 0.352 e. The quantitative estimate of drug-likeness (QED) is 0.670. The fourth-order valence-corrected chi connectivity index (χ4v) is 2.61. The van der Waals surface area contributed by atoms with Crippen LogP contribution < -0.4 is 10.6 Å². The van der Waals surface area contributed by atoms with E-state index in [1.165, 1.54) is 16.8 Å². The average molecular weight is 327 g/mol. The minimum Gasteiger partial charge on any atom is -0.352 e. The van der Waals surface area contributed by atoms with Crippen LogP contribution in [-0.2, 0) is 13.1 Å². The van der Waals surface area contributed by atoms with E-state index in [0.717, 1.165) is 18.2 Å². The smallest absolute Gasteiger partial charge is 0.191 e. The highest BCUT2D eigenvalue weighted by Gasteiger charge is 2.15. The van der Waals surface area contributed by atoms with E-state index in [4.69, 9.17) is 5.10 Å². The number of aromatic nitrogens is 2. The van der Waals surface area contributed by atoms with Crippen molar-refractivity contribution in [2.75, 3.05) is 7.05 Å². The summed E-state index contributed by atoms with van der Waals surface area (Å²) in [5.74, 6) is 0.803. The highest BCUT2D eigenvalue weighted by Crippen LogP contribution is 2.14. The van der Waals surface area contributed by atoms with Crippen molar-refractivity contribution in [2.24, 2.45) is 4.99 Å². The fourth-order valence-electron chi connectivity index (χ4n) is 2.61. The van der Waals surface area contributed by atoms with Crippen molar-refractivity contribution in [3.8, 4) is 0 Å². The molecule has 24 heavy (non-hydrogen) atoms. The van der Waals surface area contributed by atoms with Crippen molar-refractivity contribution in [3.63, 3.8) is 0 Å². The summed E-state index contributed by atoms with van der Waals surface area (Å²) >= 11 is 0. The molecule has 0 aliphatic rings. The van der Waals surface area contributed by atoms with Gasteiger partial charge < -0.3 is 10.6 Å². The summed E-state index contributed by atoms with van der Waals surface area (Å²) in [6.07, 6.45) is 0. The third kappa shape index (κ3) is 4.85. The number of benzene rings is 1. The molecule has 1 heterocycles. The van der Waals surface area contributed by atoms with Crippen molar-refractivity contribution < 1.29 is 0 Å². The van der Waals surface area contributed by atoms with Crippen LogP contribution in [0.4, 0.5) is 0 Å². The van der Waals surface area contributed by atoms with Crippen LogP contribution in [0.15, 0.2) is 35.3 Å². The molecule has 0 atom stereocenters. The third-order valence-corrected chi connectivity index (χ3v) is 3.86. The molecule has 0 aliphatic carbocycles. The first-order chi connectivity index (χ1) is 11.3. The second-order valence-corrected chi connectivity index (χ2v) is 7.09. The number of nitrogens with zero attached hydrogens (tertiary/aromatic N) is 3. The molecule has 0 saturated carbocycles. The van der Waals surface area contributed by atoms with Crippen LogP contribution in [0, 0.1) is 13.8 Å². The maximum Gasteiger partial charge on any atom is 0.191 e. The van der Waals surface area contributed by atoms with Crippen LogP contribution in [0.5, 0.6) is 0 Å². The molecule has 0 radical (unpaired) electrons. The number of guanidine groups is 1. The minimum absolute atomic E-state index is 0.0244. The first-order valence-electron chi connectivity index (χ1n) is 8.36. The second-order valence-electron chi connectivity index (χ2n) is 7.09. The molecule has 5 nitrogen and oxygen atoms in total. The molecule has 130 valence electrons. The van der Waals surface area contributed by atoms with Crippen molar-refractivity contribution in [3.05, 3.63) is 52.8 Å². The number of aliphatic imine (C=N–C) groups is 1. The Morgan fingerprint density at radius 3 is 2.42 bits per heavy atom. The lowest BCUT2D eigenvalue weighted by Gasteiger charge is -2.23. The van der Waals surface area contributed by atoms with Crippen LogP contribution in [0.2, 0.25) is 0 Å². The summed E-state index contributed by atoms with van der Waals surface area (Å²) in [6.45, 7) is 12.0. The Hall–Kier alpha value is -2.30. The number of aryl methyl sites for hydroxylation is 1. The molecule has 0 spiro atoms. The van der Waals surface area contributed by atoms with Gasteiger partial charge in [-0.05, 0) is 40.2 Å². The SMILES string of the molecule is CN=C(NCc1c(C)nn(Cc2ccccc2)c1C)NC(C)(C)C. The monoisotopic (exact) mass is 327 g/mol. The van der Waals surface area contributed by atoms with Gasteiger partial charge in [-0.3, -0.25) is 9.67 Å². The lowest BCUT2D eigenvalue weighted by molar-refractivity contribution is 0.501. The van der Waals surface area contributed by atoms with Crippen molar-refractivity contribution in [1.82, 2.24) is 20.4 Å². The summed E-state index contributed by atoms with van der Waals surface area (Å²) in [6, 6.07) is 10.4. The molecule has 2 rings (SSSR count). The van der Waals surface area contributed by atoms with Crippen LogP contribution in [-0.4, -0.2) is 28.3 Å². The van der Waals surface area contributed by atoms with Gasteiger partial charge in [-0.1, -0.05) is 30.3 Å². The van der Waals surface area contributed by atoms with E-state index < -0.39 is 0 Å². The Morgan fingerprint density at radius 2 is 1.83 bits per heavy atom. The van der Waals surface area contributed by atoms with Gasteiger partial charge in [0.1, 0.15) is 0 Å². The first-order valence-corrected chi connectivity index (χ1v) is 8.36. The zero-order chi connectivity index (χ0) is 17.7. The summed E-state index contributed by atoms with van der Waals surface area (Å²) in [5, 5.41) is 11.5.